The first kappa shape index (κ1) is 16.8. The zero-order chi connectivity index (χ0) is 16.9. The standard InChI is InChI=1S/C17H27N5O2/c1-2-19-17(20-11-14-5-6-15(24-14)16(18)23)22-10-7-13(12-22)21-8-3-4-9-21/h5-6,13H,2-4,7-12H2,1H3,(H2,18,23)(H,19,20). The maximum Gasteiger partial charge on any atom is 0.284 e. The Balaban J connectivity index is 1.61. The summed E-state index contributed by atoms with van der Waals surface area (Å²) in [5.41, 5.74) is 5.21. The zero-order valence-corrected chi connectivity index (χ0v) is 14.3. The largest absolute Gasteiger partial charge is 0.454 e. The van der Waals surface area contributed by atoms with E-state index < -0.39 is 5.91 Å². The van der Waals surface area contributed by atoms with Crippen molar-refractivity contribution in [2.45, 2.75) is 38.8 Å². The lowest BCUT2D eigenvalue weighted by Crippen LogP contribution is -2.42. The highest BCUT2D eigenvalue weighted by molar-refractivity contribution is 5.89. The molecule has 2 aliphatic heterocycles. The van der Waals surface area contributed by atoms with E-state index in [0.717, 1.165) is 25.6 Å². The number of aliphatic imine (C=N–C) groups is 1. The Morgan fingerprint density at radius 1 is 1.38 bits per heavy atom. The van der Waals surface area contributed by atoms with Crippen LogP contribution in [-0.2, 0) is 6.54 Å². The van der Waals surface area contributed by atoms with E-state index in [1.54, 1.807) is 12.1 Å². The van der Waals surface area contributed by atoms with Crippen molar-refractivity contribution >= 4 is 11.9 Å². The van der Waals surface area contributed by atoms with E-state index >= 15 is 0 Å². The van der Waals surface area contributed by atoms with Crippen molar-refractivity contribution in [3.05, 3.63) is 23.7 Å². The Bertz CT molecular complexity index is 592. The van der Waals surface area contributed by atoms with Gasteiger partial charge in [0.05, 0.1) is 0 Å². The number of nitrogens with one attached hydrogen (secondary N) is 1. The summed E-state index contributed by atoms with van der Waals surface area (Å²) >= 11 is 0. The van der Waals surface area contributed by atoms with Gasteiger partial charge < -0.3 is 20.4 Å². The van der Waals surface area contributed by atoms with Crippen LogP contribution >= 0.6 is 0 Å². The Kier molecular flexibility index (Phi) is 5.40. The molecule has 0 aromatic carbocycles. The third kappa shape index (κ3) is 3.90. The van der Waals surface area contributed by atoms with Crippen LogP contribution in [0.4, 0.5) is 0 Å². The molecule has 3 N–H and O–H groups in total. The number of nitrogens with zero attached hydrogens (tertiary/aromatic N) is 3. The fourth-order valence-electron chi connectivity index (χ4n) is 3.51. The van der Waals surface area contributed by atoms with Crippen molar-refractivity contribution in [2.75, 3.05) is 32.7 Å². The molecule has 0 saturated carbocycles. The number of hydrogen-bond donors (Lipinski definition) is 2. The SMILES string of the molecule is CCNC(=NCc1ccc(C(N)=O)o1)N1CCC(N2CCCC2)C1. The molecule has 2 fully saturated rings. The number of rotatable bonds is 5. The summed E-state index contributed by atoms with van der Waals surface area (Å²) in [5.74, 6) is 1.19. The number of carbonyl (C=O) groups excluding carboxylic acids is 1. The van der Waals surface area contributed by atoms with Gasteiger partial charge in [0, 0.05) is 25.7 Å². The number of carbonyl (C=O) groups is 1. The molecule has 1 unspecified atom stereocenters. The second-order valence-electron chi connectivity index (χ2n) is 6.43. The highest BCUT2D eigenvalue weighted by atomic mass is 16.3. The van der Waals surface area contributed by atoms with Crippen molar-refractivity contribution in [1.82, 2.24) is 15.1 Å². The van der Waals surface area contributed by atoms with Crippen molar-refractivity contribution in [1.29, 1.82) is 0 Å². The van der Waals surface area contributed by atoms with Gasteiger partial charge in [-0.25, -0.2) is 4.99 Å². The number of guanidine groups is 1. The Labute approximate surface area is 142 Å². The van der Waals surface area contributed by atoms with Crippen LogP contribution in [0.1, 0.15) is 42.5 Å². The van der Waals surface area contributed by atoms with Gasteiger partial charge in [-0.15, -0.1) is 0 Å². The van der Waals surface area contributed by atoms with Crippen LogP contribution in [0.3, 0.4) is 0 Å². The number of likely N-dealkylation sites (tertiary alicyclic amines) is 2. The van der Waals surface area contributed by atoms with Gasteiger partial charge in [-0.1, -0.05) is 0 Å². The van der Waals surface area contributed by atoms with Gasteiger partial charge in [-0.3, -0.25) is 9.69 Å². The molecule has 7 nitrogen and oxygen atoms in total. The van der Waals surface area contributed by atoms with Gasteiger partial charge >= 0.3 is 0 Å². The van der Waals surface area contributed by atoms with Crippen LogP contribution in [0.5, 0.6) is 0 Å². The van der Waals surface area contributed by atoms with Crippen molar-refractivity contribution in [2.24, 2.45) is 10.7 Å². The minimum atomic E-state index is -0.551. The molecule has 0 bridgehead atoms. The lowest BCUT2D eigenvalue weighted by atomic mass is 10.2. The Morgan fingerprint density at radius 2 is 2.17 bits per heavy atom. The number of nitrogens with two attached hydrogens (primary N) is 1. The van der Waals surface area contributed by atoms with E-state index in [9.17, 15) is 4.79 Å². The monoisotopic (exact) mass is 333 g/mol. The van der Waals surface area contributed by atoms with Crippen LogP contribution in [0.15, 0.2) is 21.5 Å². The zero-order valence-electron chi connectivity index (χ0n) is 14.3. The quantitative estimate of drug-likeness (QED) is 0.620. The molecule has 1 atom stereocenters. The maximum absolute atomic E-state index is 11.1. The van der Waals surface area contributed by atoms with E-state index in [2.05, 4.69) is 27.0 Å². The number of primary amides is 1. The summed E-state index contributed by atoms with van der Waals surface area (Å²) in [4.78, 5) is 20.7. The summed E-state index contributed by atoms with van der Waals surface area (Å²) in [6.45, 7) is 7.81. The van der Waals surface area contributed by atoms with Crippen molar-refractivity contribution in [3.8, 4) is 0 Å². The van der Waals surface area contributed by atoms with Crippen LogP contribution in [0, 0.1) is 0 Å². The van der Waals surface area contributed by atoms with Gasteiger partial charge in [0.1, 0.15) is 12.3 Å². The summed E-state index contributed by atoms with van der Waals surface area (Å²) < 4.78 is 5.40. The van der Waals surface area contributed by atoms with Crippen LogP contribution < -0.4 is 11.1 Å². The second-order valence-corrected chi connectivity index (χ2v) is 6.43. The smallest absolute Gasteiger partial charge is 0.284 e. The second kappa shape index (κ2) is 7.70. The van der Waals surface area contributed by atoms with E-state index in [0.29, 0.717) is 18.3 Å². The van der Waals surface area contributed by atoms with Gasteiger partial charge in [-0.05, 0) is 51.4 Å². The van der Waals surface area contributed by atoms with E-state index in [-0.39, 0.29) is 5.76 Å². The first-order chi connectivity index (χ1) is 11.7. The molecule has 3 heterocycles. The highest BCUT2D eigenvalue weighted by Gasteiger charge is 2.30. The lowest BCUT2D eigenvalue weighted by Gasteiger charge is -2.25. The third-order valence-corrected chi connectivity index (χ3v) is 4.74. The van der Waals surface area contributed by atoms with Crippen molar-refractivity contribution in [3.63, 3.8) is 0 Å². The van der Waals surface area contributed by atoms with Gasteiger partial charge in [0.15, 0.2) is 11.7 Å². The summed E-state index contributed by atoms with van der Waals surface area (Å²) in [6, 6.07) is 3.99. The predicted octanol–water partition coefficient (Wildman–Crippen LogP) is 1.01. The molecule has 0 radical (unpaired) electrons. The fourth-order valence-corrected chi connectivity index (χ4v) is 3.51. The van der Waals surface area contributed by atoms with E-state index in [1.807, 2.05) is 0 Å². The van der Waals surface area contributed by atoms with Gasteiger partial charge in [0.25, 0.3) is 5.91 Å². The van der Waals surface area contributed by atoms with Crippen LogP contribution in [0.2, 0.25) is 0 Å². The molecule has 1 aromatic rings. The topological polar surface area (TPSA) is 87.1 Å². The molecule has 0 aliphatic carbocycles. The molecule has 0 spiro atoms. The maximum atomic E-state index is 11.1. The third-order valence-electron chi connectivity index (χ3n) is 4.74. The fraction of sp³-hybridized carbons (Fsp3) is 0.647. The molecule has 1 aromatic heterocycles. The minimum absolute atomic E-state index is 0.181. The first-order valence-corrected chi connectivity index (χ1v) is 8.83. The molecule has 2 saturated heterocycles. The highest BCUT2D eigenvalue weighted by Crippen LogP contribution is 2.20. The molecule has 7 heteroatoms. The van der Waals surface area contributed by atoms with Crippen molar-refractivity contribution < 1.29 is 9.21 Å². The minimum Gasteiger partial charge on any atom is -0.454 e. The normalized spacial score (nSPS) is 22.3. The molecule has 24 heavy (non-hydrogen) atoms. The summed E-state index contributed by atoms with van der Waals surface area (Å²) in [7, 11) is 0. The molecular formula is C17H27N5O2. The Morgan fingerprint density at radius 3 is 2.83 bits per heavy atom. The average Bonchev–Trinajstić information content (AvgIpc) is 3.32. The summed E-state index contributed by atoms with van der Waals surface area (Å²) in [5, 5.41) is 3.36. The molecular weight excluding hydrogens is 306 g/mol. The summed E-state index contributed by atoms with van der Waals surface area (Å²) in [6.07, 6.45) is 3.84. The van der Waals surface area contributed by atoms with Crippen LogP contribution in [-0.4, -0.2) is 60.4 Å². The molecule has 2 aliphatic rings. The van der Waals surface area contributed by atoms with E-state index in [4.69, 9.17) is 10.2 Å². The van der Waals surface area contributed by atoms with Gasteiger partial charge in [-0.2, -0.15) is 0 Å². The number of hydrogen-bond acceptors (Lipinski definition) is 4. The first-order valence-electron chi connectivity index (χ1n) is 8.83. The van der Waals surface area contributed by atoms with Gasteiger partial charge in [0.2, 0.25) is 0 Å². The van der Waals surface area contributed by atoms with E-state index in [1.165, 1.54) is 32.4 Å². The number of furan rings is 1. The lowest BCUT2D eigenvalue weighted by molar-refractivity contribution is 0.0972. The molecule has 3 rings (SSSR count). The molecule has 132 valence electrons. The number of amides is 1. The Hall–Kier alpha value is -2.02. The van der Waals surface area contributed by atoms with Crippen LogP contribution in [0.25, 0.3) is 0 Å². The average molecular weight is 333 g/mol. The predicted molar refractivity (Wildman–Crippen MR) is 92.8 cm³/mol. The molecule has 1 amide bonds.